The van der Waals surface area contributed by atoms with Crippen LogP contribution in [0.25, 0.3) is 27.1 Å². The minimum atomic E-state index is -0.642. The number of hydrogen-bond donors (Lipinski definition) is 1. The first-order valence-electron chi connectivity index (χ1n) is 9.52. The van der Waals surface area contributed by atoms with E-state index < -0.39 is 6.23 Å². The average Bonchev–Trinajstić information content (AvgIpc) is 2.77. The Labute approximate surface area is 174 Å². The van der Waals surface area contributed by atoms with Crippen molar-refractivity contribution in [1.82, 2.24) is 0 Å². The Kier molecular flexibility index (Phi) is 5.30. The number of benzene rings is 3. The van der Waals surface area contributed by atoms with Gasteiger partial charge in [0.2, 0.25) is 6.61 Å². The number of halogens is 1. The zero-order valence-corrected chi connectivity index (χ0v) is 16.7. The van der Waals surface area contributed by atoms with Crippen LogP contribution in [0.15, 0.2) is 48.5 Å². The molecule has 0 aliphatic carbocycles. The second-order valence-electron chi connectivity index (χ2n) is 7.00. The van der Waals surface area contributed by atoms with Crippen molar-refractivity contribution in [3.8, 4) is 39.5 Å². The van der Waals surface area contributed by atoms with E-state index in [0.29, 0.717) is 28.4 Å². The molecule has 30 heavy (non-hydrogen) atoms. The third-order valence-corrected chi connectivity index (χ3v) is 5.27. The van der Waals surface area contributed by atoms with Gasteiger partial charge in [0.25, 0.3) is 0 Å². The Bertz CT molecular complexity index is 1150. The molecule has 152 valence electrons. The minimum absolute atomic E-state index is 0.0666. The molecule has 0 aromatic heterocycles. The van der Waals surface area contributed by atoms with E-state index in [1.165, 1.54) is 13.2 Å². The summed E-state index contributed by atoms with van der Waals surface area (Å²) in [4.78, 5) is 3.41. The molecule has 1 aliphatic heterocycles. The maximum absolute atomic E-state index is 14.6. The van der Waals surface area contributed by atoms with Gasteiger partial charge in [-0.1, -0.05) is 24.3 Å². The van der Waals surface area contributed by atoms with Crippen LogP contribution < -0.4 is 19.9 Å². The van der Waals surface area contributed by atoms with Crippen molar-refractivity contribution in [2.45, 2.75) is 19.7 Å². The summed E-state index contributed by atoms with van der Waals surface area (Å²) >= 11 is 0. The molecule has 4 rings (SSSR count). The van der Waals surface area contributed by atoms with Crippen LogP contribution in [0, 0.1) is 19.3 Å². The van der Waals surface area contributed by atoms with Gasteiger partial charge < -0.3 is 19.9 Å². The van der Waals surface area contributed by atoms with Crippen molar-refractivity contribution in [3.63, 3.8) is 0 Å². The van der Waals surface area contributed by atoms with Gasteiger partial charge in [-0.2, -0.15) is 0 Å². The van der Waals surface area contributed by atoms with Gasteiger partial charge in [0, 0.05) is 12.1 Å². The summed E-state index contributed by atoms with van der Waals surface area (Å²) in [6.07, 6.45) is -0.642. The molecular weight excluding hydrogens is 383 g/mol. The zero-order chi connectivity index (χ0) is 21.3. The number of methoxy groups -OCH3 is 1. The van der Waals surface area contributed by atoms with Crippen molar-refractivity contribution >= 4 is 0 Å². The summed E-state index contributed by atoms with van der Waals surface area (Å²) in [6, 6.07) is 14.8. The second-order valence-corrected chi connectivity index (χ2v) is 7.00. The molecule has 0 spiro atoms. The minimum Gasteiger partial charge on any atom is -0.496 e. The Morgan fingerprint density at radius 2 is 1.90 bits per heavy atom. The number of nitrogens with two attached hydrogens (primary N) is 1. The van der Waals surface area contributed by atoms with Crippen molar-refractivity contribution in [2.24, 2.45) is 5.73 Å². The van der Waals surface area contributed by atoms with Gasteiger partial charge in [-0.05, 0) is 59.0 Å². The van der Waals surface area contributed by atoms with Crippen LogP contribution in [-0.2, 0) is 6.54 Å². The van der Waals surface area contributed by atoms with E-state index >= 15 is 0 Å². The number of fused-ring (bicyclic) bond motifs is 1. The first-order valence-corrected chi connectivity index (χ1v) is 9.52. The molecule has 1 heterocycles. The van der Waals surface area contributed by atoms with E-state index in [2.05, 4.69) is 4.85 Å². The predicted octanol–water partition coefficient (Wildman–Crippen LogP) is 4.95. The molecule has 3 aromatic rings. The first-order chi connectivity index (χ1) is 14.5. The average molecular weight is 404 g/mol. The smallest absolute Gasteiger partial charge is 0.400 e. The number of ether oxygens (including phenoxy) is 3. The Hall–Kier alpha value is -3.56. The van der Waals surface area contributed by atoms with E-state index in [4.69, 9.17) is 26.5 Å². The fourth-order valence-electron chi connectivity index (χ4n) is 3.70. The maximum Gasteiger partial charge on any atom is 0.400 e. The fraction of sp³-hybridized carbons (Fsp3) is 0.208. The fourth-order valence-corrected chi connectivity index (χ4v) is 3.70. The van der Waals surface area contributed by atoms with Gasteiger partial charge >= 0.3 is 6.23 Å². The normalized spacial score (nSPS) is 14.8. The SMILES string of the molecule is [C-]#[N+]C1COc2ccc(-c3cccc(-c4cc(F)c(CN)c(OC)c4)c3C)cc2O1. The molecule has 0 radical (unpaired) electrons. The molecule has 1 atom stereocenters. The van der Waals surface area contributed by atoms with Crippen LogP contribution in [0.4, 0.5) is 4.39 Å². The van der Waals surface area contributed by atoms with Gasteiger partial charge in [-0.3, -0.25) is 4.85 Å². The predicted molar refractivity (Wildman–Crippen MR) is 113 cm³/mol. The van der Waals surface area contributed by atoms with Crippen LogP contribution in [0.2, 0.25) is 0 Å². The lowest BCUT2D eigenvalue weighted by Crippen LogP contribution is -2.25. The number of nitrogens with zero attached hydrogens (tertiary/aromatic N) is 1. The molecule has 0 bridgehead atoms. The molecule has 5 nitrogen and oxygen atoms in total. The van der Waals surface area contributed by atoms with Gasteiger partial charge in [0.1, 0.15) is 11.6 Å². The molecular formula is C24H21FN2O3. The number of rotatable bonds is 4. The second kappa shape index (κ2) is 8.05. The van der Waals surface area contributed by atoms with Gasteiger partial charge in [0.15, 0.2) is 11.5 Å². The summed E-state index contributed by atoms with van der Waals surface area (Å²) in [5.41, 5.74) is 10.5. The topological polar surface area (TPSA) is 58.1 Å². The standard InChI is InChI=1S/C24H21FN2O3/c1-14-17(15-7-8-21-23(10-15)30-24(27-2)13-29-21)5-4-6-18(14)16-9-20(25)19(12-26)22(11-16)28-3/h4-11,24H,12-13,26H2,1,3H3. The lowest BCUT2D eigenvalue weighted by molar-refractivity contribution is 0.121. The largest absolute Gasteiger partial charge is 0.496 e. The van der Waals surface area contributed by atoms with Gasteiger partial charge in [-0.25, -0.2) is 11.0 Å². The molecule has 0 fully saturated rings. The van der Waals surface area contributed by atoms with E-state index in [9.17, 15) is 4.39 Å². The Morgan fingerprint density at radius 3 is 2.60 bits per heavy atom. The maximum atomic E-state index is 14.6. The van der Waals surface area contributed by atoms with Crippen molar-refractivity contribution < 1.29 is 18.6 Å². The van der Waals surface area contributed by atoms with Gasteiger partial charge in [-0.15, -0.1) is 0 Å². The molecule has 6 heteroatoms. The highest BCUT2D eigenvalue weighted by Gasteiger charge is 2.25. The highest BCUT2D eigenvalue weighted by molar-refractivity contribution is 5.80. The lowest BCUT2D eigenvalue weighted by atomic mass is 9.92. The molecule has 3 aromatic carbocycles. The molecule has 2 N–H and O–H groups in total. The summed E-state index contributed by atoms with van der Waals surface area (Å²) in [6.45, 7) is 9.44. The Morgan fingerprint density at radius 1 is 1.13 bits per heavy atom. The molecule has 0 saturated carbocycles. The summed E-state index contributed by atoms with van der Waals surface area (Å²) in [5, 5.41) is 0. The zero-order valence-electron chi connectivity index (χ0n) is 16.7. The molecule has 0 amide bonds. The quantitative estimate of drug-likeness (QED) is 0.625. The van der Waals surface area contributed by atoms with Crippen LogP contribution in [0.3, 0.4) is 0 Å². The monoisotopic (exact) mass is 404 g/mol. The Balaban J connectivity index is 1.79. The van der Waals surface area contributed by atoms with Crippen LogP contribution in [0.5, 0.6) is 17.2 Å². The van der Waals surface area contributed by atoms with Crippen LogP contribution >= 0.6 is 0 Å². The highest BCUT2D eigenvalue weighted by Crippen LogP contribution is 2.39. The van der Waals surface area contributed by atoms with Crippen LogP contribution in [-0.4, -0.2) is 19.9 Å². The van der Waals surface area contributed by atoms with E-state index in [-0.39, 0.29) is 19.0 Å². The third-order valence-electron chi connectivity index (χ3n) is 5.27. The first kappa shape index (κ1) is 19.7. The summed E-state index contributed by atoms with van der Waals surface area (Å²) < 4.78 is 31.2. The van der Waals surface area contributed by atoms with Crippen molar-refractivity contribution in [1.29, 1.82) is 0 Å². The van der Waals surface area contributed by atoms with Crippen LogP contribution in [0.1, 0.15) is 11.1 Å². The highest BCUT2D eigenvalue weighted by atomic mass is 19.1. The van der Waals surface area contributed by atoms with Crippen molar-refractivity contribution in [2.75, 3.05) is 13.7 Å². The van der Waals surface area contributed by atoms with E-state index in [1.54, 1.807) is 0 Å². The lowest BCUT2D eigenvalue weighted by Gasteiger charge is -2.20. The molecule has 1 aliphatic rings. The summed E-state index contributed by atoms with van der Waals surface area (Å²) in [7, 11) is 1.51. The van der Waals surface area contributed by atoms with E-state index in [1.807, 2.05) is 49.4 Å². The van der Waals surface area contributed by atoms with Gasteiger partial charge in [0.05, 0.1) is 7.11 Å². The number of hydrogen-bond acceptors (Lipinski definition) is 4. The third kappa shape index (κ3) is 3.44. The van der Waals surface area contributed by atoms with E-state index in [0.717, 1.165) is 22.3 Å². The van der Waals surface area contributed by atoms with Crippen molar-refractivity contribution in [3.05, 3.63) is 76.9 Å². The summed E-state index contributed by atoms with van der Waals surface area (Å²) in [5.74, 6) is 1.21. The molecule has 0 saturated heterocycles. The molecule has 1 unspecified atom stereocenters.